The van der Waals surface area contributed by atoms with E-state index in [2.05, 4.69) is 26.1 Å². The van der Waals surface area contributed by atoms with E-state index in [1.807, 2.05) is 11.4 Å². The molecule has 0 fully saturated rings. The van der Waals surface area contributed by atoms with Crippen LogP contribution >= 0.6 is 27.3 Å². The van der Waals surface area contributed by atoms with Crippen LogP contribution in [0.4, 0.5) is 0 Å². The molecule has 0 atom stereocenters. The summed E-state index contributed by atoms with van der Waals surface area (Å²) in [6.45, 7) is 0. The van der Waals surface area contributed by atoms with Crippen molar-refractivity contribution in [1.29, 1.82) is 0 Å². The summed E-state index contributed by atoms with van der Waals surface area (Å²) in [7, 11) is 0. The maximum atomic E-state index is 11.7. The van der Waals surface area contributed by atoms with Gasteiger partial charge in [0.25, 0.3) is 0 Å². The van der Waals surface area contributed by atoms with Gasteiger partial charge in [-0.2, -0.15) is 10.2 Å². The molecule has 3 nitrogen and oxygen atoms in total. The highest BCUT2D eigenvalue weighted by molar-refractivity contribution is 9.10. The number of aromatic nitrogens is 2. The average molecular weight is 283 g/mol. The molecule has 2 aromatic heterocycles. The van der Waals surface area contributed by atoms with Gasteiger partial charge in [0.2, 0.25) is 0 Å². The normalized spacial score (nSPS) is 10.2. The fourth-order valence-electron chi connectivity index (χ4n) is 1.14. The number of carbonyl (C=O) groups is 1. The Morgan fingerprint density at radius 2 is 2.40 bits per heavy atom. The average Bonchev–Trinajstić information content (AvgIpc) is 2.66. The highest BCUT2D eigenvalue weighted by Gasteiger charge is 2.10. The molecule has 0 saturated carbocycles. The number of rotatable bonds is 3. The Balaban J connectivity index is 2.11. The maximum Gasteiger partial charge on any atom is 0.178 e. The minimum atomic E-state index is 0.0752. The van der Waals surface area contributed by atoms with E-state index in [1.54, 1.807) is 18.3 Å². The number of thiophene rings is 1. The number of hydrogen-bond donors (Lipinski definition) is 0. The van der Waals surface area contributed by atoms with Crippen molar-refractivity contribution in [2.75, 3.05) is 0 Å². The monoisotopic (exact) mass is 282 g/mol. The Kier molecular flexibility index (Phi) is 3.23. The third-order valence-electron chi connectivity index (χ3n) is 1.81. The van der Waals surface area contributed by atoms with E-state index in [4.69, 9.17) is 0 Å². The molecule has 0 bridgehead atoms. The van der Waals surface area contributed by atoms with E-state index in [0.29, 0.717) is 12.1 Å². The topological polar surface area (TPSA) is 42.9 Å². The fraction of sp³-hybridized carbons (Fsp3) is 0.100. The van der Waals surface area contributed by atoms with Crippen LogP contribution in [0.3, 0.4) is 0 Å². The van der Waals surface area contributed by atoms with Gasteiger partial charge in [-0.25, -0.2) is 0 Å². The van der Waals surface area contributed by atoms with Gasteiger partial charge in [0.15, 0.2) is 5.78 Å². The lowest BCUT2D eigenvalue weighted by Crippen LogP contribution is -2.03. The van der Waals surface area contributed by atoms with Gasteiger partial charge in [-0.3, -0.25) is 4.79 Å². The van der Waals surface area contributed by atoms with Crippen LogP contribution in [-0.2, 0) is 6.42 Å². The Hall–Kier alpha value is -1.07. The molecular formula is C10H7BrN2OS. The zero-order chi connectivity index (χ0) is 10.7. The first-order valence-electron chi connectivity index (χ1n) is 4.29. The SMILES string of the molecule is O=C(Cc1cccnn1)c1cc(Br)cs1. The summed E-state index contributed by atoms with van der Waals surface area (Å²) in [5.74, 6) is 0.0752. The van der Waals surface area contributed by atoms with Crippen LogP contribution in [0.1, 0.15) is 15.4 Å². The van der Waals surface area contributed by atoms with Gasteiger partial charge >= 0.3 is 0 Å². The second kappa shape index (κ2) is 4.63. The third-order valence-corrected chi connectivity index (χ3v) is 3.54. The van der Waals surface area contributed by atoms with Gasteiger partial charge < -0.3 is 0 Å². The number of carbonyl (C=O) groups excluding carboxylic acids is 1. The van der Waals surface area contributed by atoms with E-state index < -0.39 is 0 Å². The number of nitrogens with zero attached hydrogens (tertiary/aromatic N) is 2. The largest absolute Gasteiger partial charge is 0.293 e. The Morgan fingerprint density at radius 3 is 3.00 bits per heavy atom. The van der Waals surface area contributed by atoms with Gasteiger partial charge in [-0.15, -0.1) is 11.3 Å². The lowest BCUT2D eigenvalue weighted by molar-refractivity contribution is 0.0995. The highest BCUT2D eigenvalue weighted by atomic mass is 79.9. The van der Waals surface area contributed by atoms with Crippen molar-refractivity contribution in [3.05, 3.63) is 44.8 Å². The Morgan fingerprint density at radius 1 is 1.53 bits per heavy atom. The van der Waals surface area contributed by atoms with Crippen molar-refractivity contribution < 1.29 is 4.79 Å². The standard InChI is InChI=1S/C10H7BrN2OS/c11-7-4-10(15-6-7)9(14)5-8-2-1-3-12-13-8/h1-4,6H,5H2. The first-order valence-corrected chi connectivity index (χ1v) is 5.97. The molecule has 2 rings (SSSR count). The lowest BCUT2D eigenvalue weighted by Gasteiger charge is -1.95. The number of ketones is 1. The predicted molar refractivity (Wildman–Crippen MR) is 62.1 cm³/mol. The van der Waals surface area contributed by atoms with Crippen molar-refractivity contribution in [3.8, 4) is 0 Å². The molecule has 0 aliphatic heterocycles. The van der Waals surface area contributed by atoms with E-state index >= 15 is 0 Å². The molecule has 2 heterocycles. The second-order valence-electron chi connectivity index (χ2n) is 2.94. The van der Waals surface area contributed by atoms with Crippen molar-refractivity contribution in [1.82, 2.24) is 10.2 Å². The summed E-state index contributed by atoms with van der Waals surface area (Å²) < 4.78 is 0.940. The van der Waals surface area contributed by atoms with Crippen LogP contribution in [0, 0.1) is 0 Å². The molecule has 0 spiro atoms. The number of Topliss-reactive ketones (excluding diaryl/α,β-unsaturated/α-hetero) is 1. The Labute approximate surface area is 99.3 Å². The minimum absolute atomic E-state index is 0.0752. The smallest absolute Gasteiger partial charge is 0.178 e. The second-order valence-corrected chi connectivity index (χ2v) is 4.77. The first-order chi connectivity index (χ1) is 7.25. The maximum absolute atomic E-state index is 11.7. The molecule has 2 aromatic rings. The highest BCUT2D eigenvalue weighted by Crippen LogP contribution is 2.20. The molecule has 76 valence electrons. The summed E-state index contributed by atoms with van der Waals surface area (Å²) in [5, 5.41) is 9.49. The molecule has 5 heteroatoms. The summed E-state index contributed by atoms with van der Waals surface area (Å²) in [4.78, 5) is 12.5. The van der Waals surface area contributed by atoms with Gasteiger partial charge in [0.1, 0.15) is 0 Å². The van der Waals surface area contributed by atoms with Crippen molar-refractivity contribution in [2.45, 2.75) is 6.42 Å². The molecule has 0 radical (unpaired) electrons. The zero-order valence-electron chi connectivity index (χ0n) is 7.68. The fourth-order valence-corrected chi connectivity index (χ4v) is 2.51. The number of hydrogen-bond acceptors (Lipinski definition) is 4. The molecule has 0 unspecified atom stereocenters. The zero-order valence-corrected chi connectivity index (χ0v) is 10.1. The minimum Gasteiger partial charge on any atom is -0.293 e. The van der Waals surface area contributed by atoms with Crippen molar-refractivity contribution >= 4 is 33.0 Å². The first kappa shape index (κ1) is 10.4. The van der Waals surface area contributed by atoms with Gasteiger partial charge in [-0.05, 0) is 34.1 Å². The molecule has 0 N–H and O–H groups in total. The Bertz CT molecular complexity index is 469. The van der Waals surface area contributed by atoms with Crippen LogP contribution in [0.2, 0.25) is 0 Å². The lowest BCUT2D eigenvalue weighted by atomic mass is 10.2. The molecule has 0 aromatic carbocycles. The van der Waals surface area contributed by atoms with E-state index in [1.165, 1.54) is 11.3 Å². The predicted octanol–water partition coefficient (Wildman–Crippen LogP) is 2.73. The summed E-state index contributed by atoms with van der Waals surface area (Å²) in [5.41, 5.74) is 0.701. The van der Waals surface area contributed by atoms with Crippen LogP contribution in [0.15, 0.2) is 34.2 Å². The van der Waals surface area contributed by atoms with Crippen LogP contribution in [-0.4, -0.2) is 16.0 Å². The van der Waals surface area contributed by atoms with Crippen LogP contribution < -0.4 is 0 Å². The molecule has 15 heavy (non-hydrogen) atoms. The molecule has 0 saturated heterocycles. The van der Waals surface area contributed by atoms with Gasteiger partial charge in [-0.1, -0.05) is 0 Å². The van der Waals surface area contributed by atoms with E-state index in [0.717, 1.165) is 9.35 Å². The molecule has 0 aliphatic rings. The molecular weight excluding hydrogens is 276 g/mol. The quantitative estimate of drug-likeness (QED) is 0.813. The van der Waals surface area contributed by atoms with Crippen molar-refractivity contribution in [2.24, 2.45) is 0 Å². The van der Waals surface area contributed by atoms with Gasteiger partial charge in [0.05, 0.1) is 17.0 Å². The summed E-state index contributed by atoms with van der Waals surface area (Å²) >= 11 is 4.75. The number of halogens is 1. The summed E-state index contributed by atoms with van der Waals surface area (Å²) in [6.07, 6.45) is 1.90. The summed E-state index contributed by atoms with van der Waals surface area (Å²) in [6, 6.07) is 5.40. The third kappa shape index (κ3) is 2.70. The molecule has 0 aliphatic carbocycles. The van der Waals surface area contributed by atoms with E-state index in [-0.39, 0.29) is 5.78 Å². The molecule has 0 amide bonds. The van der Waals surface area contributed by atoms with Gasteiger partial charge in [0, 0.05) is 16.0 Å². The van der Waals surface area contributed by atoms with Crippen LogP contribution in [0.25, 0.3) is 0 Å². The van der Waals surface area contributed by atoms with E-state index in [9.17, 15) is 4.79 Å². The van der Waals surface area contributed by atoms with Crippen molar-refractivity contribution in [3.63, 3.8) is 0 Å². The van der Waals surface area contributed by atoms with Crippen LogP contribution in [0.5, 0.6) is 0 Å².